The minimum atomic E-state index is -1.08. The molecule has 5 heteroatoms. The molecule has 1 heterocycles. The van der Waals surface area contributed by atoms with Crippen molar-refractivity contribution in [3.63, 3.8) is 0 Å². The maximum atomic E-state index is 11.9. The molecule has 17 heavy (non-hydrogen) atoms. The summed E-state index contributed by atoms with van der Waals surface area (Å²) >= 11 is 0. The van der Waals surface area contributed by atoms with E-state index in [1.807, 2.05) is 0 Å². The largest absolute Gasteiger partial charge is 0.480 e. The predicted octanol–water partition coefficient (Wildman–Crippen LogP) is 1.13. The Morgan fingerprint density at radius 1 is 1.47 bits per heavy atom. The molecule has 1 aliphatic carbocycles. The molecule has 1 amide bonds. The Morgan fingerprint density at radius 2 is 2.18 bits per heavy atom. The van der Waals surface area contributed by atoms with Gasteiger partial charge >= 0.3 is 5.97 Å². The molecule has 90 valence electrons. The molecule has 2 rings (SSSR count). The third-order valence-corrected chi connectivity index (χ3v) is 3.19. The summed E-state index contributed by atoms with van der Waals surface area (Å²) in [6.45, 7) is 1.77. The van der Waals surface area contributed by atoms with Crippen LogP contribution in [-0.2, 0) is 4.79 Å². The second-order valence-corrected chi connectivity index (χ2v) is 4.36. The molecule has 5 nitrogen and oxygen atoms in total. The number of pyridine rings is 1. The number of carboxylic acids is 1. The van der Waals surface area contributed by atoms with Crippen molar-refractivity contribution in [1.29, 1.82) is 0 Å². The van der Waals surface area contributed by atoms with Gasteiger partial charge in [-0.3, -0.25) is 9.78 Å². The summed E-state index contributed by atoms with van der Waals surface area (Å²) in [5, 5.41) is 11.7. The van der Waals surface area contributed by atoms with Gasteiger partial charge in [-0.25, -0.2) is 4.79 Å². The fourth-order valence-corrected chi connectivity index (χ4v) is 1.92. The lowest BCUT2D eigenvalue weighted by Gasteiger charge is -2.38. The number of nitrogens with zero attached hydrogens (tertiary/aromatic N) is 1. The minimum absolute atomic E-state index is 0.292. The number of carbonyl (C=O) groups is 2. The van der Waals surface area contributed by atoms with Crippen LogP contribution in [0.3, 0.4) is 0 Å². The number of nitrogens with one attached hydrogen (secondary N) is 1. The van der Waals surface area contributed by atoms with Crippen molar-refractivity contribution in [3.8, 4) is 0 Å². The number of aryl methyl sites for hydroxylation is 1. The monoisotopic (exact) mass is 234 g/mol. The van der Waals surface area contributed by atoms with Crippen LogP contribution < -0.4 is 5.32 Å². The van der Waals surface area contributed by atoms with Crippen molar-refractivity contribution in [2.24, 2.45) is 0 Å². The molecule has 0 radical (unpaired) electrons. The number of carbonyl (C=O) groups excluding carboxylic acids is 1. The summed E-state index contributed by atoms with van der Waals surface area (Å²) in [4.78, 5) is 27.0. The van der Waals surface area contributed by atoms with Gasteiger partial charge in [0.2, 0.25) is 0 Å². The van der Waals surface area contributed by atoms with E-state index in [1.54, 1.807) is 19.1 Å². The van der Waals surface area contributed by atoms with E-state index in [2.05, 4.69) is 10.3 Å². The predicted molar refractivity (Wildman–Crippen MR) is 60.7 cm³/mol. The Hall–Kier alpha value is -1.91. The maximum absolute atomic E-state index is 11.9. The number of aliphatic carboxylic acids is 1. The highest BCUT2D eigenvalue weighted by Crippen LogP contribution is 2.32. The Kier molecular flexibility index (Phi) is 2.83. The molecule has 0 bridgehead atoms. The highest BCUT2D eigenvalue weighted by Gasteiger charge is 2.46. The van der Waals surface area contributed by atoms with Crippen LogP contribution in [0, 0.1) is 6.92 Å². The van der Waals surface area contributed by atoms with Crippen molar-refractivity contribution < 1.29 is 14.7 Å². The normalized spacial score (nSPS) is 17.0. The van der Waals surface area contributed by atoms with Gasteiger partial charge in [-0.2, -0.15) is 0 Å². The van der Waals surface area contributed by atoms with Crippen LogP contribution in [0.25, 0.3) is 0 Å². The smallest absolute Gasteiger partial charge is 0.329 e. The first-order chi connectivity index (χ1) is 8.05. The van der Waals surface area contributed by atoms with Crippen molar-refractivity contribution in [2.45, 2.75) is 31.7 Å². The summed E-state index contributed by atoms with van der Waals surface area (Å²) in [5.74, 6) is -1.38. The summed E-state index contributed by atoms with van der Waals surface area (Å²) in [6.07, 6.45) is 3.32. The van der Waals surface area contributed by atoms with E-state index in [1.165, 1.54) is 6.20 Å². The van der Waals surface area contributed by atoms with Crippen LogP contribution >= 0.6 is 0 Å². The molecule has 0 aromatic carbocycles. The molecule has 0 atom stereocenters. The lowest BCUT2D eigenvalue weighted by atomic mass is 9.76. The average molecular weight is 234 g/mol. The van der Waals surface area contributed by atoms with Crippen molar-refractivity contribution in [1.82, 2.24) is 10.3 Å². The molecular formula is C12H14N2O3. The average Bonchev–Trinajstić information content (AvgIpc) is 2.23. The zero-order valence-corrected chi connectivity index (χ0v) is 9.56. The molecule has 1 saturated carbocycles. The van der Waals surface area contributed by atoms with E-state index in [9.17, 15) is 9.59 Å². The van der Waals surface area contributed by atoms with E-state index in [4.69, 9.17) is 5.11 Å². The van der Waals surface area contributed by atoms with E-state index in [0.29, 0.717) is 18.5 Å². The summed E-state index contributed by atoms with van der Waals surface area (Å²) in [7, 11) is 0. The van der Waals surface area contributed by atoms with Gasteiger partial charge in [0.1, 0.15) is 11.2 Å². The van der Waals surface area contributed by atoms with Crippen molar-refractivity contribution in [2.75, 3.05) is 0 Å². The highest BCUT2D eigenvalue weighted by atomic mass is 16.4. The Labute approximate surface area is 98.9 Å². The quantitative estimate of drug-likeness (QED) is 0.821. The number of rotatable bonds is 3. The topological polar surface area (TPSA) is 79.3 Å². The summed E-state index contributed by atoms with van der Waals surface area (Å²) in [6, 6.07) is 3.51. The molecular weight excluding hydrogens is 220 g/mol. The molecule has 1 aromatic rings. The second kappa shape index (κ2) is 4.16. The summed E-state index contributed by atoms with van der Waals surface area (Å²) in [5.41, 5.74) is -0.0500. The van der Waals surface area contributed by atoms with Gasteiger partial charge in [0.25, 0.3) is 5.91 Å². The molecule has 2 N–H and O–H groups in total. The molecule has 0 spiro atoms. The molecule has 1 fully saturated rings. The number of aromatic nitrogens is 1. The molecule has 0 aliphatic heterocycles. The highest BCUT2D eigenvalue weighted by molar-refractivity contribution is 5.97. The van der Waals surface area contributed by atoms with E-state index < -0.39 is 17.4 Å². The van der Waals surface area contributed by atoms with Crippen LogP contribution in [0.4, 0.5) is 0 Å². The standard InChI is InChI=1S/C12H14N2O3/c1-8-4-2-7-13-9(8)10(15)14-12(11(16)17)5-3-6-12/h2,4,7H,3,5-6H2,1H3,(H,14,15)(H,16,17). The van der Waals surface area contributed by atoms with Crippen LogP contribution in [0.5, 0.6) is 0 Å². The number of amides is 1. The zero-order chi connectivity index (χ0) is 12.5. The lowest BCUT2D eigenvalue weighted by molar-refractivity contribution is -0.148. The SMILES string of the molecule is Cc1cccnc1C(=O)NC1(C(=O)O)CCC1. The van der Waals surface area contributed by atoms with Crippen LogP contribution in [0.15, 0.2) is 18.3 Å². The van der Waals surface area contributed by atoms with Crippen molar-refractivity contribution in [3.05, 3.63) is 29.6 Å². The van der Waals surface area contributed by atoms with E-state index in [-0.39, 0.29) is 0 Å². The molecule has 1 aromatic heterocycles. The first kappa shape index (κ1) is 11.6. The third-order valence-electron chi connectivity index (χ3n) is 3.19. The molecule has 1 aliphatic rings. The molecule has 0 saturated heterocycles. The van der Waals surface area contributed by atoms with Crippen molar-refractivity contribution >= 4 is 11.9 Å². The van der Waals surface area contributed by atoms with Gasteiger partial charge in [0.05, 0.1) is 0 Å². The molecule has 0 unspecified atom stereocenters. The third kappa shape index (κ3) is 2.00. The Morgan fingerprint density at radius 3 is 2.65 bits per heavy atom. The van der Waals surface area contributed by atoms with Crippen LogP contribution in [0.2, 0.25) is 0 Å². The maximum Gasteiger partial charge on any atom is 0.329 e. The van der Waals surface area contributed by atoms with E-state index >= 15 is 0 Å². The lowest BCUT2D eigenvalue weighted by Crippen LogP contribution is -2.59. The van der Waals surface area contributed by atoms with Crippen LogP contribution in [0.1, 0.15) is 35.3 Å². The first-order valence-electron chi connectivity index (χ1n) is 5.53. The second-order valence-electron chi connectivity index (χ2n) is 4.36. The summed E-state index contributed by atoms with van der Waals surface area (Å²) < 4.78 is 0. The first-order valence-corrected chi connectivity index (χ1v) is 5.53. The van der Waals surface area contributed by atoms with E-state index in [0.717, 1.165) is 12.0 Å². The fraction of sp³-hybridized carbons (Fsp3) is 0.417. The fourth-order valence-electron chi connectivity index (χ4n) is 1.92. The van der Waals surface area contributed by atoms with Gasteiger partial charge in [0, 0.05) is 6.20 Å². The Bertz CT molecular complexity index is 467. The zero-order valence-electron chi connectivity index (χ0n) is 9.56. The van der Waals surface area contributed by atoms with Gasteiger partial charge in [-0.1, -0.05) is 6.07 Å². The van der Waals surface area contributed by atoms with Gasteiger partial charge in [-0.15, -0.1) is 0 Å². The van der Waals surface area contributed by atoms with Crippen LogP contribution in [-0.4, -0.2) is 27.5 Å². The van der Waals surface area contributed by atoms with Gasteiger partial charge < -0.3 is 10.4 Å². The van der Waals surface area contributed by atoms with Gasteiger partial charge in [0.15, 0.2) is 0 Å². The minimum Gasteiger partial charge on any atom is -0.480 e. The number of hydrogen-bond acceptors (Lipinski definition) is 3. The number of carboxylic acid groups (broad SMARTS) is 1. The number of hydrogen-bond donors (Lipinski definition) is 2. The van der Waals surface area contributed by atoms with Gasteiger partial charge in [-0.05, 0) is 37.8 Å². The Balaban J connectivity index is 2.17.